The van der Waals surface area contributed by atoms with E-state index in [1.807, 2.05) is 0 Å². The Morgan fingerprint density at radius 2 is 1.75 bits per heavy atom. The molecule has 0 unspecified atom stereocenters. The molecule has 0 aromatic rings. The van der Waals surface area contributed by atoms with E-state index in [-0.39, 0.29) is 29.6 Å². The van der Waals surface area contributed by atoms with E-state index >= 15 is 0 Å². The van der Waals surface area contributed by atoms with E-state index in [1.54, 1.807) is 0 Å². The van der Waals surface area contributed by atoms with Gasteiger partial charge in [0.15, 0.2) is 0 Å². The second kappa shape index (κ2) is 8.85. The molecule has 0 fully saturated rings. The predicted molar refractivity (Wildman–Crippen MR) is 20.2 cm³/mol. The summed E-state index contributed by atoms with van der Waals surface area (Å²) < 4.78 is 0. The molecule has 4 heteroatoms. The van der Waals surface area contributed by atoms with Crippen molar-refractivity contribution in [2.45, 2.75) is 0 Å². The third-order valence-corrected chi connectivity index (χ3v) is 0. The van der Waals surface area contributed by atoms with Crippen LogP contribution in [0.1, 0.15) is 0 Å². The van der Waals surface area contributed by atoms with Crippen molar-refractivity contribution < 1.29 is 15.6 Å². The summed E-state index contributed by atoms with van der Waals surface area (Å²) in [7, 11) is 0. The van der Waals surface area contributed by atoms with Gasteiger partial charge in [-0.2, -0.15) is 0 Å². The Morgan fingerprint density at radius 1 is 1.75 bits per heavy atom. The molecule has 0 rings (SSSR count). The average Bonchev–Trinajstić information content (AvgIpc) is 0.918. The molecule has 0 aliphatic heterocycles. The van der Waals surface area contributed by atoms with Crippen molar-refractivity contribution in [3.63, 3.8) is 0 Å². The zero-order chi connectivity index (χ0) is 2.71. The van der Waals surface area contributed by atoms with E-state index in [9.17, 15) is 0 Å². The van der Waals surface area contributed by atoms with Gasteiger partial charge in [-0.15, -0.1) is 0 Å². The van der Waals surface area contributed by atoms with Gasteiger partial charge in [0, 0.05) is 0 Å². The normalized spacial score (nSPS) is 3.75. The Labute approximate surface area is 61.6 Å². The van der Waals surface area contributed by atoms with Crippen LogP contribution in [0.3, 0.4) is 0 Å². The Bertz CT molecular complexity index is 8.00. The van der Waals surface area contributed by atoms with E-state index in [0.29, 0.717) is 5.55 Å². The van der Waals surface area contributed by atoms with Crippen molar-refractivity contribution in [1.82, 2.24) is 0 Å². The molecule has 0 atom stereocenters. The third-order valence-electron chi connectivity index (χ3n) is 0. The van der Waals surface area contributed by atoms with Crippen molar-refractivity contribution in [3.8, 4) is 0 Å². The Hall–Kier alpha value is 1.86. The van der Waals surface area contributed by atoms with Gasteiger partial charge in [-0.3, -0.25) is 0 Å². The first-order valence-corrected chi connectivity index (χ1v) is 1.77. The summed E-state index contributed by atoms with van der Waals surface area (Å²) in [5, 5.41) is 0. The quantitative estimate of drug-likeness (QED) is 0.384. The molecule has 0 aliphatic carbocycles. The van der Waals surface area contributed by atoms with E-state index in [1.165, 1.54) is 0 Å². The molecule has 0 saturated carbocycles. The molecular weight excluding hydrogens is 128 g/mol. The fraction of sp³-hybridized carbons (Fsp3) is 0. The average molecular weight is 130 g/mol. The third kappa shape index (κ3) is 9.12. The van der Waals surface area contributed by atoms with Crippen molar-refractivity contribution in [1.29, 1.82) is 0 Å². The number of rotatable bonds is 0. The van der Waals surface area contributed by atoms with Crippen LogP contribution in [-0.4, -0.2) is 35.1 Å². The van der Waals surface area contributed by atoms with Gasteiger partial charge in [0.2, 0.25) is 0 Å². The molecule has 0 saturated heterocycles. The first-order chi connectivity index (χ1) is 1.41. The van der Waals surface area contributed by atoms with Crippen molar-refractivity contribution in [3.05, 3.63) is 0 Å². The molecule has 0 radical (unpaired) electrons. The molecule has 0 heterocycles. The van der Waals surface area contributed by atoms with Gasteiger partial charge < -0.3 is 0 Å². The molecule has 22 valence electrons. The SMILES string of the molecule is Cl[BH][Co].[NaH]. The second-order valence-corrected chi connectivity index (χ2v) is 1.10. The fourth-order valence-electron chi connectivity index (χ4n) is 0. The van der Waals surface area contributed by atoms with Crippen LogP contribution in [0.15, 0.2) is 0 Å². The van der Waals surface area contributed by atoms with Gasteiger partial charge in [-0.05, 0) is 0 Å². The Morgan fingerprint density at radius 3 is 1.75 bits per heavy atom. The van der Waals surface area contributed by atoms with Gasteiger partial charge in [-0.1, -0.05) is 0 Å². The fourth-order valence-corrected chi connectivity index (χ4v) is 0. The zero-order valence-corrected chi connectivity index (χ0v) is 3.22. The molecule has 4 heavy (non-hydrogen) atoms. The van der Waals surface area contributed by atoms with Gasteiger partial charge >= 0.3 is 62.1 Å². The van der Waals surface area contributed by atoms with Gasteiger partial charge in [0.25, 0.3) is 0 Å². The number of halogens is 1. The molecule has 0 aromatic carbocycles. The molecule has 0 bridgehead atoms. The van der Waals surface area contributed by atoms with Gasteiger partial charge in [0.05, 0.1) is 0 Å². The van der Waals surface area contributed by atoms with E-state index in [2.05, 4.69) is 15.6 Å². The first kappa shape index (κ1) is 9.29. The van der Waals surface area contributed by atoms with E-state index in [0.717, 1.165) is 0 Å². The van der Waals surface area contributed by atoms with Crippen LogP contribution in [0.5, 0.6) is 0 Å². The monoisotopic (exact) mass is 130 g/mol. The Balaban J connectivity index is 0. The van der Waals surface area contributed by atoms with Gasteiger partial charge in [0.1, 0.15) is 0 Å². The predicted octanol–water partition coefficient (Wildman–Crippen LogP) is -0.610. The van der Waals surface area contributed by atoms with Crippen molar-refractivity contribution >= 4 is 46.6 Å². The maximum absolute atomic E-state index is 4.86. The Kier molecular flexibility index (Phi) is 20.6. The zero-order valence-electron chi connectivity index (χ0n) is 1.42. The number of hydrogen-bond donors (Lipinski definition) is 0. The summed E-state index contributed by atoms with van der Waals surface area (Å²) in [5.74, 6) is 0. The number of hydrogen-bond acceptors (Lipinski definition) is 0. The van der Waals surface area contributed by atoms with E-state index in [4.69, 9.17) is 11.5 Å². The van der Waals surface area contributed by atoms with Crippen LogP contribution in [0.25, 0.3) is 0 Å². The van der Waals surface area contributed by atoms with Crippen molar-refractivity contribution in [2.75, 3.05) is 0 Å². The summed E-state index contributed by atoms with van der Waals surface area (Å²) in [6, 6.07) is 0. The summed E-state index contributed by atoms with van der Waals surface area (Å²) in [6.07, 6.45) is 0. The first-order valence-electron chi connectivity index (χ1n) is 0.503. The molecule has 0 N–H and O–H groups in total. The minimum atomic E-state index is 0. The van der Waals surface area contributed by atoms with Gasteiger partial charge in [-0.25, -0.2) is 0 Å². The molecule has 0 spiro atoms. The van der Waals surface area contributed by atoms with Crippen LogP contribution in [0.4, 0.5) is 0 Å². The van der Waals surface area contributed by atoms with Crippen LogP contribution in [-0.2, 0) is 15.6 Å². The van der Waals surface area contributed by atoms with Crippen LogP contribution >= 0.6 is 11.5 Å². The van der Waals surface area contributed by atoms with Crippen LogP contribution < -0.4 is 0 Å². The summed E-state index contributed by atoms with van der Waals surface area (Å²) in [5.41, 5.74) is 0.410. The standard InChI is InChI=1S/BClH.Co.Na.H/c1-2;;;/h1H;;;/q+1;-1;;. The van der Waals surface area contributed by atoms with E-state index < -0.39 is 0 Å². The topological polar surface area (TPSA) is 0 Å². The molecular formula is H2BClCoNa. The van der Waals surface area contributed by atoms with Crippen LogP contribution in [0.2, 0.25) is 0 Å². The molecule has 0 amide bonds. The second-order valence-electron chi connectivity index (χ2n) is 0.0891. The summed E-state index contributed by atoms with van der Waals surface area (Å²) >= 11 is 8.45. The summed E-state index contributed by atoms with van der Waals surface area (Å²) in [4.78, 5) is 0. The van der Waals surface area contributed by atoms with Crippen LogP contribution in [0, 0.1) is 0 Å². The maximum atomic E-state index is 4.86. The minimum absolute atomic E-state index is 0. The molecule has 0 nitrogen and oxygen atoms in total. The molecule has 0 aliphatic rings. The molecule has 0 aromatic heterocycles. The van der Waals surface area contributed by atoms with Crippen molar-refractivity contribution in [2.24, 2.45) is 0 Å². The summed E-state index contributed by atoms with van der Waals surface area (Å²) in [6.45, 7) is 0.